The fraction of sp³-hybridized carbons (Fsp3) is 0. The second-order valence-corrected chi connectivity index (χ2v) is 2.72. The maximum atomic E-state index is 8.64. The minimum Gasteiger partial charge on any atom is -0.345 e. The average molecular weight is 169 g/mol. The number of rotatable bonds is 1. The largest absolute Gasteiger partial charge is 0.345 e. The van der Waals surface area contributed by atoms with E-state index in [0.717, 1.165) is 16.6 Å². The summed E-state index contributed by atoms with van der Waals surface area (Å²) in [6.07, 6.45) is 1.63. The lowest BCUT2D eigenvalue weighted by Gasteiger charge is -1.95. The van der Waals surface area contributed by atoms with E-state index >= 15 is 0 Å². The smallest absolute Gasteiger partial charge is 0.0991 e. The number of nitrogens with zero attached hydrogens (tertiary/aromatic N) is 2. The molecule has 0 aliphatic rings. The highest BCUT2D eigenvalue weighted by atomic mass is 14.9. The highest BCUT2D eigenvalue weighted by Crippen LogP contribution is 2.16. The van der Waals surface area contributed by atoms with Crippen LogP contribution in [-0.2, 0) is 0 Å². The predicted molar refractivity (Wildman–Crippen MR) is 50.7 cm³/mol. The lowest BCUT2D eigenvalue weighted by Crippen LogP contribution is -1.79. The molecule has 0 saturated carbocycles. The van der Waals surface area contributed by atoms with E-state index in [0.29, 0.717) is 5.57 Å². The van der Waals surface area contributed by atoms with Gasteiger partial charge >= 0.3 is 0 Å². The van der Waals surface area contributed by atoms with E-state index in [1.165, 1.54) is 0 Å². The third kappa shape index (κ3) is 1.18. The Balaban J connectivity index is 2.62. The molecule has 0 unspecified atom stereocenters. The Morgan fingerprint density at radius 1 is 1.54 bits per heavy atom. The highest BCUT2D eigenvalue weighted by molar-refractivity contribution is 5.83. The normalized spacial score (nSPS) is 9.77. The Hall–Kier alpha value is -2.08. The topological polar surface area (TPSA) is 52.5 Å². The number of fused-ring (bicyclic) bond motifs is 1. The Morgan fingerprint density at radius 3 is 3.15 bits per heavy atom. The number of imidazole rings is 1. The lowest BCUT2D eigenvalue weighted by atomic mass is 10.1. The molecule has 3 heteroatoms. The van der Waals surface area contributed by atoms with Crippen molar-refractivity contribution in [3.63, 3.8) is 0 Å². The Morgan fingerprint density at radius 2 is 2.38 bits per heavy atom. The maximum Gasteiger partial charge on any atom is 0.0991 e. The van der Waals surface area contributed by atoms with Gasteiger partial charge in [0.05, 0.1) is 29.0 Å². The zero-order valence-electron chi connectivity index (χ0n) is 6.91. The average Bonchev–Trinajstić information content (AvgIpc) is 2.63. The van der Waals surface area contributed by atoms with Crippen LogP contribution in [0, 0.1) is 11.3 Å². The fourth-order valence-electron chi connectivity index (χ4n) is 1.19. The van der Waals surface area contributed by atoms with Crippen molar-refractivity contribution in [1.29, 1.82) is 5.26 Å². The number of hydrogen-bond donors (Lipinski definition) is 1. The number of nitriles is 1. The third-order valence-electron chi connectivity index (χ3n) is 1.90. The number of benzene rings is 1. The van der Waals surface area contributed by atoms with Crippen molar-refractivity contribution in [2.75, 3.05) is 0 Å². The molecule has 0 bridgehead atoms. The van der Waals surface area contributed by atoms with Crippen molar-refractivity contribution in [1.82, 2.24) is 9.97 Å². The zero-order chi connectivity index (χ0) is 9.26. The van der Waals surface area contributed by atoms with Crippen LogP contribution >= 0.6 is 0 Å². The first-order valence-corrected chi connectivity index (χ1v) is 3.84. The van der Waals surface area contributed by atoms with Gasteiger partial charge in [0.2, 0.25) is 0 Å². The van der Waals surface area contributed by atoms with E-state index in [1.807, 2.05) is 24.3 Å². The Bertz CT molecular complexity index is 502. The van der Waals surface area contributed by atoms with Crippen LogP contribution in [0.1, 0.15) is 5.56 Å². The van der Waals surface area contributed by atoms with E-state index in [1.54, 1.807) is 6.33 Å². The molecule has 1 heterocycles. The SMILES string of the molecule is C=C(C#N)c1ccc2nc[nH]c2c1. The van der Waals surface area contributed by atoms with Gasteiger partial charge in [-0.3, -0.25) is 0 Å². The van der Waals surface area contributed by atoms with Gasteiger partial charge in [0.25, 0.3) is 0 Å². The molecule has 3 nitrogen and oxygen atoms in total. The van der Waals surface area contributed by atoms with Crippen LogP contribution in [0.3, 0.4) is 0 Å². The summed E-state index contributed by atoms with van der Waals surface area (Å²) in [5.74, 6) is 0. The molecule has 13 heavy (non-hydrogen) atoms. The van der Waals surface area contributed by atoms with Gasteiger partial charge in [-0.2, -0.15) is 5.26 Å². The van der Waals surface area contributed by atoms with Crippen molar-refractivity contribution in [3.8, 4) is 6.07 Å². The molecule has 0 fully saturated rings. The van der Waals surface area contributed by atoms with Gasteiger partial charge in [-0.1, -0.05) is 12.6 Å². The molecule has 0 aliphatic heterocycles. The predicted octanol–water partition coefficient (Wildman–Crippen LogP) is 2.10. The monoisotopic (exact) mass is 169 g/mol. The highest BCUT2D eigenvalue weighted by Gasteiger charge is 2.00. The first kappa shape index (κ1) is 7.56. The molecule has 1 aromatic carbocycles. The summed E-state index contributed by atoms with van der Waals surface area (Å²) in [7, 11) is 0. The van der Waals surface area contributed by atoms with Gasteiger partial charge in [0.15, 0.2) is 0 Å². The summed E-state index contributed by atoms with van der Waals surface area (Å²) in [4.78, 5) is 7.05. The van der Waals surface area contributed by atoms with Gasteiger partial charge in [0.1, 0.15) is 0 Å². The second-order valence-electron chi connectivity index (χ2n) is 2.72. The number of aromatic nitrogens is 2. The molecule has 1 N–H and O–H groups in total. The van der Waals surface area contributed by atoms with Gasteiger partial charge in [0, 0.05) is 0 Å². The van der Waals surface area contributed by atoms with Crippen molar-refractivity contribution in [2.45, 2.75) is 0 Å². The maximum absolute atomic E-state index is 8.64. The molecular weight excluding hydrogens is 162 g/mol. The quantitative estimate of drug-likeness (QED) is 0.664. The van der Waals surface area contributed by atoms with Gasteiger partial charge in [-0.05, 0) is 17.7 Å². The van der Waals surface area contributed by atoms with Crippen LogP contribution in [0.4, 0.5) is 0 Å². The molecule has 2 rings (SSSR count). The van der Waals surface area contributed by atoms with Gasteiger partial charge in [-0.25, -0.2) is 4.98 Å². The van der Waals surface area contributed by atoms with Gasteiger partial charge in [-0.15, -0.1) is 0 Å². The van der Waals surface area contributed by atoms with Crippen molar-refractivity contribution in [2.24, 2.45) is 0 Å². The molecular formula is C10H7N3. The summed E-state index contributed by atoms with van der Waals surface area (Å²) >= 11 is 0. The van der Waals surface area contributed by atoms with Crippen molar-refractivity contribution < 1.29 is 0 Å². The molecule has 1 aromatic heterocycles. The van der Waals surface area contributed by atoms with Crippen molar-refractivity contribution >= 4 is 16.6 Å². The van der Waals surface area contributed by atoms with E-state index < -0.39 is 0 Å². The molecule has 0 radical (unpaired) electrons. The second kappa shape index (κ2) is 2.76. The van der Waals surface area contributed by atoms with Crippen LogP contribution < -0.4 is 0 Å². The van der Waals surface area contributed by atoms with Crippen LogP contribution in [0.25, 0.3) is 16.6 Å². The molecule has 0 saturated heterocycles. The van der Waals surface area contributed by atoms with Crippen LogP contribution in [0.5, 0.6) is 0 Å². The molecule has 0 amide bonds. The number of nitrogens with one attached hydrogen (secondary N) is 1. The summed E-state index contributed by atoms with van der Waals surface area (Å²) in [5, 5.41) is 8.64. The molecule has 2 aromatic rings. The number of H-pyrrole nitrogens is 1. The lowest BCUT2D eigenvalue weighted by molar-refractivity contribution is 1.34. The van der Waals surface area contributed by atoms with E-state index in [9.17, 15) is 0 Å². The third-order valence-corrected chi connectivity index (χ3v) is 1.90. The van der Waals surface area contributed by atoms with E-state index in [4.69, 9.17) is 5.26 Å². The summed E-state index contributed by atoms with van der Waals surface area (Å²) in [5.41, 5.74) is 3.12. The molecule has 0 atom stereocenters. The standard InChI is InChI=1S/C10H7N3/c1-7(5-11)8-2-3-9-10(4-8)13-6-12-9/h2-4,6H,1H2,(H,12,13). The van der Waals surface area contributed by atoms with Crippen LogP contribution in [0.2, 0.25) is 0 Å². The summed E-state index contributed by atoms with van der Waals surface area (Å²) in [6, 6.07) is 7.59. The van der Waals surface area contributed by atoms with Crippen LogP contribution in [0.15, 0.2) is 31.1 Å². The zero-order valence-corrected chi connectivity index (χ0v) is 6.91. The summed E-state index contributed by atoms with van der Waals surface area (Å²) < 4.78 is 0. The molecule has 0 spiro atoms. The van der Waals surface area contributed by atoms with Gasteiger partial charge < -0.3 is 4.98 Å². The molecule has 62 valence electrons. The Kier molecular flexibility index (Phi) is 1.60. The van der Waals surface area contributed by atoms with E-state index in [2.05, 4.69) is 16.5 Å². The van der Waals surface area contributed by atoms with E-state index in [-0.39, 0.29) is 0 Å². The van der Waals surface area contributed by atoms with Crippen molar-refractivity contribution in [3.05, 3.63) is 36.7 Å². The number of allylic oxidation sites excluding steroid dienone is 1. The number of aromatic amines is 1. The fourth-order valence-corrected chi connectivity index (χ4v) is 1.19. The summed E-state index contributed by atoms with van der Waals surface area (Å²) in [6.45, 7) is 3.64. The number of hydrogen-bond acceptors (Lipinski definition) is 2. The van der Waals surface area contributed by atoms with Crippen LogP contribution in [-0.4, -0.2) is 9.97 Å². The first-order chi connectivity index (χ1) is 6.31. The Labute approximate surface area is 75.3 Å². The molecule has 0 aliphatic carbocycles. The first-order valence-electron chi connectivity index (χ1n) is 3.84. The minimum absolute atomic E-state index is 0.469. The minimum atomic E-state index is 0.469.